The first kappa shape index (κ1) is 41.8. The lowest BCUT2D eigenvalue weighted by Crippen LogP contribution is -1.95. The van der Waals surface area contributed by atoms with Crippen LogP contribution < -0.4 is 0 Å². The Hall–Kier alpha value is -9.17. The van der Waals surface area contributed by atoms with Crippen molar-refractivity contribution in [2.45, 2.75) is 13.8 Å². The lowest BCUT2D eigenvalue weighted by atomic mass is 9.85. The fraction of sp³-hybridized carbons (Fsp3) is 0.0282. The molecule has 0 atom stereocenters. The van der Waals surface area contributed by atoms with Crippen molar-refractivity contribution in [3.63, 3.8) is 0 Å². The molecule has 72 heavy (non-hydrogen) atoms. The largest absolute Gasteiger partial charge is 0.247 e. The van der Waals surface area contributed by atoms with E-state index in [-0.39, 0.29) is 0 Å². The number of rotatable bonds is 6. The number of allylic oxidation sites excluding steroid dienone is 3. The minimum atomic E-state index is 1.00. The van der Waals surface area contributed by atoms with Gasteiger partial charge in [-0.15, -0.1) is 0 Å². The highest BCUT2D eigenvalue weighted by Crippen LogP contribution is 2.43. The Bertz CT molecular complexity index is 4550. The third-order valence-corrected chi connectivity index (χ3v) is 15.2. The smallest absolute Gasteiger partial charge is 0.0788 e. The molecule has 1 aromatic heterocycles. The molecule has 0 amide bonds. The van der Waals surface area contributed by atoms with E-state index >= 15 is 0 Å². The van der Waals surface area contributed by atoms with Gasteiger partial charge in [0.1, 0.15) is 0 Å². The highest BCUT2D eigenvalue weighted by molar-refractivity contribution is 6.27. The van der Waals surface area contributed by atoms with Crippen LogP contribution in [-0.4, -0.2) is 4.98 Å². The lowest BCUT2D eigenvalue weighted by Gasteiger charge is -2.18. The number of hydrogen-bond donors (Lipinski definition) is 0. The van der Waals surface area contributed by atoms with Gasteiger partial charge in [0.25, 0.3) is 0 Å². The summed E-state index contributed by atoms with van der Waals surface area (Å²) in [4.78, 5) is 5.26. The number of benzene rings is 13. The number of pyridine rings is 1. The third kappa shape index (κ3) is 6.73. The number of aromatic nitrogens is 1. The Kier molecular flexibility index (Phi) is 9.72. The predicted molar refractivity (Wildman–Crippen MR) is 311 cm³/mol. The lowest BCUT2D eigenvalue weighted by molar-refractivity contribution is 1.38. The molecule has 0 fully saturated rings. The quantitative estimate of drug-likeness (QED) is 0.120. The van der Waals surface area contributed by atoms with E-state index in [4.69, 9.17) is 4.98 Å². The van der Waals surface area contributed by atoms with Crippen molar-refractivity contribution in [3.05, 3.63) is 271 Å². The van der Waals surface area contributed by atoms with Crippen LogP contribution in [0.25, 0.3) is 131 Å². The fourth-order valence-corrected chi connectivity index (χ4v) is 11.8. The molecule has 0 aliphatic heterocycles. The summed E-state index contributed by atoms with van der Waals surface area (Å²) in [5.41, 5.74) is 12.6. The summed E-state index contributed by atoms with van der Waals surface area (Å²) in [6.45, 7) is 4.48. The van der Waals surface area contributed by atoms with Crippen LogP contribution in [0.4, 0.5) is 0 Å². The normalized spacial score (nSPS) is 12.1. The third-order valence-electron chi connectivity index (χ3n) is 15.2. The van der Waals surface area contributed by atoms with Gasteiger partial charge in [0.05, 0.1) is 11.2 Å². The molecule has 0 saturated heterocycles. The number of hydrogen-bond acceptors (Lipinski definition) is 1. The summed E-state index contributed by atoms with van der Waals surface area (Å²) in [5.74, 6) is 0. The van der Waals surface area contributed by atoms with Gasteiger partial charge in [0.2, 0.25) is 0 Å². The van der Waals surface area contributed by atoms with E-state index in [1.54, 1.807) is 0 Å². The highest BCUT2D eigenvalue weighted by Gasteiger charge is 2.18. The van der Waals surface area contributed by atoms with Crippen molar-refractivity contribution in [1.82, 2.24) is 4.98 Å². The van der Waals surface area contributed by atoms with Crippen LogP contribution in [0.1, 0.15) is 30.5 Å². The minimum Gasteiger partial charge on any atom is -0.247 e. The first-order valence-corrected chi connectivity index (χ1v) is 25.0. The van der Waals surface area contributed by atoms with E-state index in [0.29, 0.717) is 0 Å². The predicted octanol–water partition coefficient (Wildman–Crippen LogP) is 19.7. The zero-order chi connectivity index (χ0) is 47.9. The Morgan fingerprint density at radius 1 is 0.306 bits per heavy atom. The second kappa shape index (κ2) is 16.8. The zero-order valence-corrected chi connectivity index (χ0v) is 40.1. The summed E-state index contributed by atoms with van der Waals surface area (Å²) < 4.78 is 0. The molecule has 0 aliphatic rings. The monoisotopic (exact) mass is 913 g/mol. The van der Waals surface area contributed by atoms with Crippen molar-refractivity contribution in [2.75, 3.05) is 0 Å². The average molecular weight is 914 g/mol. The molecule has 0 radical (unpaired) electrons. The molecule has 0 spiro atoms. The van der Waals surface area contributed by atoms with E-state index < -0.39 is 0 Å². The summed E-state index contributed by atoms with van der Waals surface area (Å²) >= 11 is 0. The first-order chi connectivity index (χ1) is 35.5. The molecule has 0 saturated carbocycles. The second-order valence-corrected chi connectivity index (χ2v) is 19.5. The van der Waals surface area contributed by atoms with Crippen molar-refractivity contribution in [1.29, 1.82) is 0 Å². The average Bonchev–Trinajstić information content (AvgIpc) is 3.45. The van der Waals surface area contributed by atoms with E-state index in [1.807, 2.05) is 0 Å². The number of fused-ring (bicyclic) bond motifs is 16. The highest BCUT2D eigenvalue weighted by atomic mass is 14.7. The number of nitrogens with zero attached hydrogens (tertiary/aromatic N) is 1. The Morgan fingerprint density at radius 2 is 0.722 bits per heavy atom. The summed E-state index contributed by atoms with van der Waals surface area (Å²) in [7, 11) is 0. The molecule has 0 N–H and O–H groups in total. The van der Waals surface area contributed by atoms with E-state index in [9.17, 15) is 0 Å². The molecule has 1 nitrogen and oxygen atoms in total. The van der Waals surface area contributed by atoms with Crippen molar-refractivity contribution in [3.8, 4) is 22.4 Å². The Morgan fingerprint density at radius 3 is 1.29 bits per heavy atom. The van der Waals surface area contributed by atoms with Crippen molar-refractivity contribution >= 4 is 108 Å². The van der Waals surface area contributed by atoms with E-state index in [1.165, 1.54) is 125 Å². The van der Waals surface area contributed by atoms with Crippen LogP contribution in [0.15, 0.2) is 254 Å². The molecule has 14 aromatic rings. The van der Waals surface area contributed by atoms with Crippen LogP contribution in [-0.2, 0) is 0 Å². The molecule has 0 aliphatic carbocycles. The second-order valence-electron chi connectivity index (χ2n) is 19.5. The molecule has 0 unspecified atom stereocenters. The van der Waals surface area contributed by atoms with Gasteiger partial charge >= 0.3 is 0 Å². The van der Waals surface area contributed by atoms with Crippen LogP contribution in [0, 0.1) is 0 Å². The maximum absolute atomic E-state index is 5.26. The summed E-state index contributed by atoms with van der Waals surface area (Å²) in [6.07, 6.45) is 2.45. The van der Waals surface area contributed by atoms with Crippen LogP contribution in [0.3, 0.4) is 0 Å². The standard InChI is InChI=1S/C71H47N/c1-44(2)65(45-31-33-46(34-32-45)71-64-29-14-13-27-60(64)63-28-15-16-30-70(63)72-71)43-66(48-35-37-61-56-23-7-5-19-52(56)54-21-9-11-25-58(54)68(61)40-48)50-39-47-17-3-4-18-51(47)67(42-50)49-36-38-62-57-24-8-6-20-53(57)55-22-10-12-26-59(55)69(62)41-49/h3-43H,1-2H3/b66-43-. The Balaban J connectivity index is 0.996. The Labute approximate surface area is 418 Å². The molecule has 1 heteroatoms. The molecule has 336 valence electrons. The van der Waals surface area contributed by atoms with Crippen LogP contribution >= 0.6 is 0 Å². The molecule has 0 bridgehead atoms. The topological polar surface area (TPSA) is 12.9 Å². The SMILES string of the molecule is CC(C)=C(/C=C(\c1cc(-c2ccc3c4ccccc4c4ccccc4c3c2)c2ccccc2c1)c1ccc2c3ccccc3c3ccccc3c2c1)c1ccc(-c2nc3ccccc3c3ccccc23)cc1. The zero-order valence-electron chi connectivity index (χ0n) is 40.1. The maximum atomic E-state index is 5.26. The van der Waals surface area contributed by atoms with E-state index in [2.05, 4.69) is 263 Å². The molecule has 14 rings (SSSR count). The van der Waals surface area contributed by atoms with Crippen LogP contribution in [0.5, 0.6) is 0 Å². The summed E-state index contributed by atoms with van der Waals surface area (Å²) in [6, 6.07) is 89.6. The molecular weight excluding hydrogens is 867 g/mol. The van der Waals surface area contributed by atoms with E-state index in [0.717, 1.165) is 27.7 Å². The van der Waals surface area contributed by atoms with Gasteiger partial charge in [-0.25, -0.2) is 4.98 Å². The van der Waals surface area contributed by atoms with Gasteiger partial charge in [-0.2, -0.15) is 0 Å². The fourth-order valence-electron chi connectivity index (χ4n) is 11.8. The maximum Gasteiger partial charge on any atom is 0.0788 e. The van der Waals surface area contributed by atoms with Gasteiger partial charge in [-0.1, -0.05) is 218 Å². The van der Waals surface area contributed by atoms with Crippen molar-refractivity contribution in [2.24, 2.45) is 0 Å². The molecule has 13 aromatic carbocycles. The van der Waals surface area contributed by atoms with Gasteiger partial charge in [-0.3, -0.25) is 0 Å². The van der Waals surface area contributed by atoms with Crippen molar-refractivity contribution < 1.29 is 0 Å². The van der Waals surface area contributed by atoms with Gasteiger partial charge in [0, 0.05) is 16.3 Å². The first-order valence-electron chi connectivity index (χ1n) is 25.0. The van der Waals surface area contributed by atoms with Gasteiger partial charge in [0.15, 0.2) is 0 Å². The minimum absolute atomic E-state index is 1.00. The number of para-hydroxylation sites is 1. The molecule has 1 heterocycles. The summed E-state index contributed by atoms with van der Waals surface area (Å²) in [5, 5.41) is 21.2. The molecular formula is C71H47N. The van der Waals surface area contributed by atoms with Crippen LogP contribution in [0.2, 0.25) is 0 Å². The van der Waals surface area contributed by atoms with Gasteiger partial charge < -0.3 is 0 Å². The van der Waals surface area contributed by atoms with Gasteiger partial charge in [-0.05, 0) is 170 Å².